The van der Waals surface area contributed by atoms with Gasteiger partial charge in [0.05, 0.1) is 10.9 Å². The fourth-order valence-electron chi connectivity index (χ4n) is 0.0645. The minimum atomic E-state index is -0.285. The zero-order valence-electron chi connectivity index (χ0n) is 4.32. The Bertz CT molecular complexity index is 68.5. The van der Waals surface area contributed by atoms with E-state index in [2.05, 4.69) is 22.5 Å². The molecular weight excluding hydrogens is 156 g/mol. The summed E-state index contributed by atoms with van der Waals surface area (Å²) in [5.74, 6) is 0. The lowest BCUT2D eigenvalue weighted by atomic mass is 10.2. The Morgan fingerprint density at radius 3 is 2.43 bits per heavy atom. The number of hydrogen-bond donors (Lipinski definition) is 1. The molecule has 0 heterocycles. The van der Waals surface area contributed by atoms with Crippen LogP contribution in [0.15, 0.2) is 12.7 Å². The second-order valence-corrected chi connectivity index (χ2v) is 3.45. The normalized spacial score (nSPS) is 18.1. The molecule has 0 fully saturated rings. The first-order chi connectivity index (χ1) is 3.12. The van der Waals surface area contributed by atoms with Gasteiger partial charge in [-0.05, 0) is 6.92 Å². The Balaban J connectivity index is 3.58. The zero-order chi connectivity index (χ0) is 5.91. The Morgan fingerprint density at radius 2 is 2.43 bits per heavy atom. The Morgan fingerprint density at radius 1 is 2.00 bits per heavy atom. The molecule has 0 amide bonds. The molecule has 42 valence electrons. The van der Waals surface area contributed by atoms with Crippen molar-refractivity contribution in [2.24, 2.45) is 0 Å². The van der Waals surface area contributed by atoms with E-state index in [-0.39, 0.29) is 10.9 Å². The standard InChI is InChI=1S/C5H9BrO/c1-3-5(2,6)4-7/h3,7H,1,4H2,2H3. The summed E-state index contributed by atoms with van der Waals surface area (Å²) in [6.07, 6.45) is 1.66. The van der Waals surface area contributed by atoms with Gasteiger partial charge in [0, 0.05) is 0 Å². The average molecular weight is 165 g/mol. The maximum Gasteiger partial charge on any atom is 0.0636 e. The summed E-state index contributed by atoms with van der Waals surface area (Å²) in [6.45, 7) is 5.44. The number of alkyl halides is 1. The summed E-state index contributed by atoms with van der Waals surface area (Å²) in [5.41, 5.74) is 0. The van der Waals surface area contributed by atoms with Crippen molar-refractivity contribution >= 4 is 15.9 Å². The minimum absolute atomic E-state index is 0.0938. The van der Waals surface area contributed by atoms with E-state index in [4.69, 9.17) is 5.11 Å². The summed E-state index contributed by atoms with van der Waals surface area (Å²) in [6, 6.07) is 0. The molecule has 0 bridgehead atoms. The van der Waals surface area contributed by atoms with Crippen LogP contribution in [0.2, 0.25) is 0 Å². The van der Waals surface area contributed by atoms with Gasteiger partial charge in [0.15, 0.2) is 0 Å². The molecule has 7 heavy (non-hydrogen) atoms. The molecule has 0 aromatic carbocycles. The summed E-state index contributed by atoms with van der Waals surface area (Å²) in [4.78, 5) is 0. The first-order valence-electron chi connectivity index (χ1n) is 2.06. The third-order valence-electron chi connectivity index (χ3n) is 0.735. The molecule has 0 aliphatic rings. The van der Waals surface area contributed by atoms with Crippen molar-refractivity contribution in [3.8, 4) is 0 Å². The van der Waals surface area contributed by atoms with Crippen LogP contribution in [0.3, 0.4) is 0 Å². The monoisotopic (exact) mass is 164 g/mol. The molecule has 0 saturated heterocycles. The molecule has 1 nitrogen and oxygen atoms in total. The predicted molar refractivity (Wildman–Crippen MR) is 34.6 cm³/mol. The van der Waals surface area contributed by atoms with E-state index in [1.54, 1.807) is 6.08 Å². The quantitative estimate of drug-likeness (QED) is 0.483. The first kappa shape index (κ1) is 7.18. The van der Waals surface area contributed by atoms with E-state index >= 15 is 0 Å². The summed E-state index contributed by atoms with van der Waals surface area (Å²) < 4.78 is -0.285. The smallest absolute Gasteiger partial charge is 0.0636 e. The maximum absolute atomic E-state index is 8.48. The van der Waals surface area contributed by atoms with Gasteiger partial charge in [0.2, 0.25) is 0 Å². The van der Waals surface area contributed by atoms with Gasteiger partial charge in [-0.25, -0.2) is 0 Å². The lowest BCUT2D eigenvalue weighted by molar-refractivity contribution is 0.279. The van der Waals surface area contributed by atoms with Crippen molar-refractivity contribution in [2.45, 2.75) is 11.2 Å². The van der Waals surface area contributed by atoms with E-state index in [0.717, 1.165) is 0 Å². The van der Waals surface area contributed by atoms with Crippen LogP contribution in [-0.2, 0) is 0 Å². The zero-order valence-corrected chi connectivity index (χ0v) is 5.90. The highest BCUT2D eigenvalue weighted by atomic mass is 79.9. The Hall–Kier alpha value is 0.180. The van der Waals surface area contributed by atoms with E-state index in [1.807, 2.05) is 6.92 Å². The van der Waals surface area contributed by atoms with Crippen molar-refractivity contribution in [2.75, 3.05) is 6.61 Å². The molecule has 1 unspecified atom stereocenters. The van der Waals surface area contributed by atoms with Crippen molar-refractivity contribution < 1.29 is 5.11 Å². The molecule has 0 radical (unpaired) electrons. The van der Waals surface area contributed by atoms with Gasteiger partial charge in [-0.2, -0.15) is 0 Å². The van der Waals surface area contributed by atoms with Crippen LogP contribution in [0.25, 0.3) is 0 Å². The summed E-state index contributed by atoms with van der Waals surface area (Å²) in [7, 11) is 0. The highest BCUT2D eigenvalue weighted by molar-refractivity contribution is 9.10. The van der Waals surface area contributed by atoms with Crippen molar-refractivity contribution in [3.63, 3.8) is 0 Å². The van der Waals surface area contributed by atoms with E-state index in [1.165, 1.54) is 0 Å². The maximum atomic E-state index is 8.48. The molecule has 1 N–H and O–H groups in total. The van der Waals surface area contributed by atoms with Crippen molar-refractivity contribution in [3.05, 3.63) is 12.7 Å². The van der Waals surface area contributed by atoms with Crippen LogP contribution in [0.1, 0.15) is 6.92 Å². The fourth-order valence-corrected chi connectivity index (χ4v) is 0.0645. The largest absolute Gasteiger partial charge is 0.395 e. The SMILES string of the molecule is C=CC(C)(Br)CO. The number of aliphatic hydroxyl groups is 1. The van der Waals surface area contributed by atoms with Crippen molar-refractivity contribution in [1.82, 2.24) is 0 Å². The average Bonchev–Trinajstić information content (AvgIpc) is 1.68. The summed E-state index contributed by atoms with van der Waals surface area (Å²) >= 11 is 3.21. The lowest BCUT2D eigenvalue weighted by Gasteiger charge is -2.11. The van der Waals surface area contributed by atoms with Crippen molar-refractivity contribution in [1.29, 1.82) is 0 Å². The highest BCUT2D eigenvalue weighted by Gasteiger charge is 2.11. The number of halogens is 1. The van der Waals surface area contributed by atoms with Gasteiger partial charge < -0.3 is 5.11 Å². The molecule has 0 aliphatic heterocycles. The number of aliphatic hydroxyl groups excluding tert-OH is 1. The molecule has 0 aromatic heterocycles. The molecule has 0 aliphatic carbocycles. The van der Waals surface area contributed by atoms with E-state index in [0.29, 0.717) is 0 Å². The van der Waals surface area contributed by atoms with Crippen LogP contribution in [-0.4, -0.2) is 16.0 Å². The molecule has 0 rings (SSSR count). The van der Waals surface area contributed by atoms with E-state index < -0.39 is 0 Å². The topological polar surface area (TPSA) is 20.2 Å². The molecule has 0 saturated carbocycles. The first-order valence-corrected chi connectivity index (χ1v) is 2.85. The van der Waals surface area contributed by atoms with Crippen LogP contribution in [0.5, 0.6) is 0 Å². The van der Waals surface area contributed by atoms with Crippen LogP contribution < -0.4 is 0 Å². The van der Waals surface area contributed by atoms with Gasteiger partial charge in [0.1, 0.15) is 0 Å². The third kappa shape index (κ3) is 2.83. The van der Waals surface area contributed by atoms with Gasteiger partial charge in [0.25, 0.3) is 0 Å². The van der Waals surface area contributed by atoms with Gasteiger partial charge in [-0.15, -0.1) is 6.58 Å². The summed E-state index contributed by atoms with van der Waals surface area (Å²) in [5, 5.41) is 8.48. The van der Waals surface area contributed by atoms with Gasteiger partial charge in [-0.3, -0.25) is 0 Å². The molecule has 0 spiro atoms. The highest BCUT2D eigenvalue weighted by Crippen LogP contribution is 2.15. The second-order valence-electron chi connectivity index (χ2n) is 1.64. The Kier molecular flexibility index (Phi) is 2.54. The number of rotatable bonds is 2. The number of hydrogen-bond acceptors (Lipinski definition) is 1. The molecular formula is C5H9BrO. The lowest BCUT2D eigenvalue weighted by Crippen LogP contribution is -2.15. The van der Waals surface area contributed by atoms with E-state index in [9.17, 15) is 0 Å². The molecule has 1 atom stereocenters. The predicted octanol–water partition coefficient (Wildman–Crippen LogP) is 1.32. The molecule has 2 heteroatoms. The van der Waals surface area contributed by atoms with Gasteiger partial charge >= 0.3 is 0 Å². The van der Waals surface area contributed by atoms with Crippen LogP contribution in [0, 0.1) is 0 Å². The van der Waals surface area contributed by atoms with Crippen LogP contribution in [0.4, 0.5) is 0 Å². The minimum Gasteiger partial charge on any atom is -0.395 e. The third-order valence-corrected chi connectivity index (χ3v) is 1.31. The fraction of sp³-hybridized carbons (Fsp3) is 0.600. The van der Waals surface area contributed by atoms with Gasteiger partial charge in [-0.1, -0.05) is 22.0 Å². The Labute approximate surface area is 52.2 Å². The second kappa shape index (κ2) is 2.48. The molecule has 0 aromatic rings. The van der Waals surface area contributed by atoms with Crippen LogP contribution >= 0.6 is 15.9 Å².